The van der Waals surface area contributed by atoms with Crippen molar-refractivity contribution in [3.63, 3.8) is 0 Å². The third-order valence-corrected chi connectivity index (χ3v) is 9.36. The molecule has 1 N–H and O–H groups in total. The van der Waals surface area contributed by atoms with Gasteiger partial charge in [-0.3, -0.25) is 9.59 Å². The number of esters is 1. The number of benzene rings is 3. The highest BCUT2D eigenvalue weighted by Gasteiger charge is 2.59. The Morgan fingerprint density at radius 2 is 1.71 bits per heavy atom. The van der Waals surface area contributed by atoms with Crippen molar-refractivity contribution < 1.29 is 14.3 Å². The van der Waals surface area contributed by atoms with Crippen molar-refractivity contribution in [3.05, 3.63) is 70.2 Å². The molecular weight excluding hydrogens is 502 g/mol. The molecule has 0 aromatic heterocycles. The molecule has 4 aliphatic carbocycles. The summed E-state index contributed by atoms with van der Waals surface area (Å²) in [6, 6.07) is 18.7. The van der Waals surface area contributed by atoms with Crippen LogP contribution in [0.2, 0.25) is 0 Å². The summed E-state index contributed by atoms with van der Waals surface area (Å²) in [4.78, 5) is 26.7. The van der Waals surface area contributed by atoms with Crippen LogP contribution in [0.15, 0.2) is 59.1 Å². The maximum absolute atomic E-state index is 14.0. The van der Waals surface area contributed by atoms with Gasteiger partial charge in [-0.25, -0.2) is 0 Å². The number of fused-ring (bicyclic) bond motifs is 1. The van der Waals surface area contributed by atoms with Crippen LogP contribution >= 0.6 is 15.9 Å². The lowest BCUT2D eigenvalue weighted by Crippen LogP contribution is -2.61. The standard InChI is InChI=1S/C30H30BrNO3/c1-17-24(19-6-4-3-5-7-19)12-20-8-9-23(31)13-25(20)26(17)28(33)32-27-21-10-18-11-22(27)16-30(14-18,15-21)29(34)35-2/h3-9,12-13,18,21-22,27H,10-11,14-16H2,1-2H3,(H,32,33). The van der Waals surface area contributed by atoms with Crippen molar-refractivity contribution in [1.29, 1.82) is 0 Å². The first-order valence-electron chi connectivity index (χ1n) is 12.6. The summed E-state index contributed by atoms with van der Waals surface area (Å²) in [7, 11) is 1.51. The van der Waals surface area contributed by atoms with Crippen molar-refractivity contribution in [2.24, 2.45) is 23.2 Å². The Bertz CT molecular complexity index is 1320. The molecule has 7 rings (SSSR count). The number of methoxy groups -OCH3 is 1. The van der Waals surface area contributed by atoms with Crippen LogP contribution in [-0.2, 0) is 9.53 Å². The van der Waals surface area contributed by atoms with E-state index >= 15 is 0 Å². The smallest absolute Gasteiger partial charge is 0.311 e. The summed E-state index contributed by atoms with van der Waals surface area (Å²) in [6.07, 6.45) is 4.79. The molecule has 0 saturated heterocycles. The van der Waals surface area contributed by atoms with E-state index in [-0.39, 0.29) is 23.3 Å². The molecule has 2 unspecified atom stereocenters. The quantitative estimate of drug-likeness (QED) is 0.382. The normalized spacial score (nSPS) is 28.8. The number of ether oxygens (including phenoxy) is 1. The highest BCUT2D eigenvalue weighted by atomic mass is 79.9. The van der Waals surface area contributed by atoms with Gasteiger partial charge in [-0.2, -0.15) is 0 Å². The van der Waals surface area contributed by atoms with Crippen LogP contribution in [0.3, 0.4) is 0 Å². The van der Waals surface area contributed by atoms with Crippen LogP contribution in [-0.4, -0.2) is 25.0 Å². The zero-order valence-corrected chi connectivity index (χ0v) is 21.7. The number of nitrogens with one attached hydrogen (secondary N) is 1. The van der Waals surface area contributed by atoms with Crippen molar-refractivity contribution in [1.82, 2.24) is 5.32 Å². The molecule has 3 aromatic carbocycles. The van der Waals surface area contributed by atoms with Crippen molar-refractivity contribution in [3.8, 4) is 11.1 Å². The molecule has 4 bridgehead atoms. The molecule has 0 aliphatic heterocycles. The Morgan fingerprint density at radius 3 is 2.40 bits per heavy atom. The van der Waals surface area contributed by atoms with Crippen LogP contribution in [0.4, 0.5) is 0 Å². The zero-order chi connectivity index (χ0) is 24.3. The highest BCUT2D eigenvalue weighted by molar-refractivity contribution is 9.10. The molecular formula is C30H30BrNO3. The first kappa shape index (κ1) is 22.8. The number of carbonyl (C=O) groups is 2. The van der Waals surface area contributed by atoms with E-state index in [1.54, 1.807) is 0 Å². The van der Waals surface area contributed by atoms with E-state index in [2.05, 4.69) is 58.5 Å². The van der Waals surface area contributed by atoms with Gasteiger partial charge in [-0.15, -0.1) is 0 Å². The van der Waals surface area contributed by atoms with Crippen molar-refractivity contribution in [2.75, 3.05) is 7.11 Å². The fourth-order valence-electron chi connectivity index (χ4n) is 7.63. The second-order valence-electron chi connectivity index (χ2n) is 10.9. The van der Waals surface area contributed by atoms with Crippen molar-refractivity contribution >= 4 is 38.6 Å². The Morgan fingerprint density at radius 1 is 1.00 bits per heavy atom. The van der Waals surface area contributed by atoms with Crippen LogP contribution in [0.5, 0.6) is 0 Å². The predicted octanol–water partition coefficient (Wildman–Crippen LogP) is 6.68. The molecule has 4 nitrogen and oxygen atoms in total. The predicted molar refractivity (Wildman–Crippen MR) is 141 cm³/mol. The van der Waals surface area contributed by atoms with Crippen LogP contribution in [0, 0.1) is 30.1 Å². The monoisotopic (exact) mass is 531 g/mol. The van der Waals surface area contributed by atoms with Gasteiger partial charge in [0.15, 0.2) is 0 Å². The average molecular weight is 532 g/mol. The Balaban J connectivity index is 1.38. The zero-order valence-electron chi connectivity index (χ0n) is 20.1. The summed E-state index contributed by atoms with van der Waals surface area (Å²) in [5.41, 5.74) is 3.60. The van der Waals surface area contributed by atoms with Gasteiger partial charge in [0.25, 0.3) is 5.91 Å². The summed E-state index contributed by atoms with van der Waals surface area (Å²) in [5, 5.41) is 5.49. The second kappa shape index (κ2) is 8.48. The number of halogens is 1. The van der Waals surface area contributed by atoms with E-state index in [0.29, 0.717) is 17.8 Å². The largest absolute Gasteiger partial charge is 0.469 e. The molecule has 1 amide bonds. The molecule has 4 aliphatic rings. The average Bonchev–Trinajstić information content (AvgIpc) is 2.85. The number of amides is 1. The van der Waals surface area contributed by atoms with Gasteiger partial charge in [0.1, 0.15) is 0 Å². The van der Waals surface area contributed by atoms with E-state index < -0.39 is 0 Å². The lowest BCUT2D eigenvalue weighted by molar-refractivity contribution is -0.170. The van der Waals surface area contributed by atoms with Gasteiger partial charge in [-0.05, 0) is 102 Å². The molecule has 2 atom stereocenters. The van der Waals surface area contributed by atoms with Gasteiger partial charge in [-0.1, -0.05) is 52.3 Å². The molecule has 35 heavy (non-hydrogen) atoms. The molecule has 4 fully saturated rings. The third kappa shape index (κ3) is 3.70. The maximum Gasteiger partial charge on any atom is 0.311 e. The van der Waals surface area contributed by atoms with Crippen LogP contribution in [0.25, 0.3) is 21.9 Å². The van der Waals surface area contributed by atoms with E-state index in [0.717, 1.165) is 69.6 Å². The number of rotatable bonds is 4. The summed E-state index contributed by atoms with van der Waals surface area (Å²) < 4.78 is 6.18. The highest BCUT2D eigenvalue weighted by Crippen LogP contribution is 2.60. The fraction of sp³-hybridized carbons (Fsp3) is 0.400. The Labute approximate surface area is 214 Å². The topological polar surface area (TPSA) is 55.4 Å². The molecule has 3 aromatic rings. The minimum atomic E-state index is -0.340. The van der Waals surface area contributed by atoms with E-state index in [4.69, 9.17) is 4.74 Å². The first-order chi connectivity index (χ1) is 16.9. The molecule has 0 heterocycles. The minimum Gasteiger partial charge on any atom is -0.469 e. The lowest BCUT2D eigenvalue weighted by Gasteiger charge is -2.58. The molecule has 0 spiro atoms. The first-order valence-corrected chi connectivity index (χ1v) is 13.4. The lowest BCUT2D eigenvalue weighted by atomic mass is 9.48. The molecule has 4 saturated carbocycles. The van der Waals surface area contributed by atoms with Gasteiger partial charge in [0, 0.05) is 10.5 Å². The number of carbonyl (C=O) groups excluding carboxylic acids is 2. The minimum absolute atomic E-state index is 0.00651. The van der Waals surface area contributed by atoms with E-state index in [9.17, 15) is 9.59 Å². The fourth-order valence-corrected chi connectivity index (χ4v) is 7.99. The van der Waals surface area contributed by atoms with E-state index in [1.165, 1.54) is 7.11 Å². The maximum atomic E-state index is 14.0. The van der Waals surface area contributed by atoms with E-state index in [1.807, 2.05) is 24.3 Å². The molecule has 5 heteroatoms. The second-order valence-corrected chi connectivity index (χ2v) is 11.8. The van der Waals surface area contributed by atoms with Gasteiger partial charge < -0.3 is 10.1 Å². The van der Waals surface area contributed by atoms with Crippen molar-refractivity contribution in [2.45, 2.75) is 45.1 Å². The summed E-state index contributed by atoms with van der Waals surface area (Å²) >= 11 is 3.60. The Hall–Kier alpha value is -2.66. The number of hydrogen-bond donors (Lipinski definition) is 1. The van der Waals surface area contributed by atoms with Crippen LogP contribution < -0.4 is 5.32 Å². The van der Waals surface area contributed by atoms with Crippen LogP contribution in [0.1, 0.15) is 48.0 Å². The summed E-state index contributed by atoms with van der Waals surface area (Å²) in [5.74, 6) is 1.18. The summed E-state index contributed by atoms with van der Waals surface area (Å²) in [6.45, 7) is 2.06. The Kier molecular flexibility index (Phi) is 5.52. The molecule has 180 valence electrons. The molecule has 0 radical (unpaired) electrons. The van der Waals surface area contributed by atoms with Gasteiger partial charge in [0.05, 0.1) is 18.1 Å². The number of hydrogen-bond acceptors (Lipinski definition) is 3. The third-order valence-electron chi connectivity index (χ3n) is 8.86. The van der Waals surface area contributed by atoms with Gasteiger partial charge >= 0.3 is 5.97 Å². The SMILES string of the molecule is COC(=O)C12CC3CC(C1)C(NC(=O)c1c(C)c(-c4ccccc4)cc4ccc(Br)cc14)C(C3)C2. The van der Waals surface area contributed by atoms with Gasteiger partial charge in [0.2, 0.25) is 0 Å².